The first-order valence-electron chi connectivity index (χ1n) is 11.8. The van der Waals surface area contributed by atoms with Crippen molar-refractivity contribution < 1.29 is 14.6 Å². The number of aliphatic hydroxyl groups is 1. The molecule has 0 unspecified atom stereocenters. The zero-order valence-electron chi connectivity index (χ0n) is 18.8. The van der Waals surface area contributed by atoms with Crippen LogP contribution in [-0.4, -0.2) is 52.5 Å². The number of carbonyl (C=O) groups is 1. The smallest absolute Gasteiger partial charge is 0.339 e. The van der Waals surface area contributed by atoms with Crippen LogP contribution in [0.1, 0.15) is 56.4 Å². The van der Waals surface area contributed by atoms with Crippen molar-refractivity contribution in [3.63, 3.8) is 0 Å². The highest BCUT2D eigenvalue weighted by Crippen LogP contribution is 2.40. The second-order valence-corrected chi connectivity index (χ2v) is 9.31. The molecule has 2 heterocycles. The minimum atomic E-state index is -0.452. The van der Waals surface area contributed by atoms with Gasteiger partial charge in [0.15, 0.2) is 5.11 Å². The topological polar surface area (TPSA) is 100 Å². The van der Waals surface area contributed by atoms with Gasteiger partial charge in [0.2, 0.25) is 0 Å². The molecule has 1 fully saturated rings. The lowest BCUT2D eigenvalue weighted by atomic mass is 9.81. The van der Waals surface area contributed by atoms with Crippen molar-refractivity contribution in [1.29, 1.82) is 0 Å². The molecule has 4 N–H and O–H groups in total. The number of ether oxygens (including phenoxy) is 1. The molecule has 1 aromatic rings. The number of hydrogen-bond donors (Lipinski definition) is 3. The maximum Gasteiger partial charge on any atom is 0.339 e. The Bertz CT molecular complexity index is 967. The van der Waals surface area contributed by atoms with Gasteiger partial charge in [-0.1, -0.05) is 36.4 Å². The summed E-state index contributed by atoms with van der Waals surface area (Å²) in [5, 5.41) is 15.8. The number of likely N-dealkylation sites (tertiary alicyclic amines) is 1. The number of nitrogens with one attached hydrogen (secondary N) is 1. The van der Waals surface area contributed by atoms with Crippen molar-refractivity contribution in [2.24, 2.45) is 10.8 Å². The summed E-state index contributed by atoms with van der Waals surface area (Å²) in [7, 11) is 0. The van der Waals surface area contributed by atoms with Gasteiger partial charge >= 0.3 is 5.97 Å². The van der Waals surface area contributed by atoms with E-state index in [1.165, 1.54) is 12.8 Å². The zero-order chi connectivity index (χ0) is 23.2. The van der Waals surface area contributed by atoms with Crippen molar-refractivity contribution in [3.8, 4) is 0 Å². The molecule has 1 aliphatic carbocycles. The van der Waals surface area contributed by atoms with Gasteiger partial charge in [0.25, 0.3) is 0 Å². The van der Waals surface area contributed by atoms with E-state index >= 15 is 0 Å². The fourth-order valence-corrected chi connectivity index (χ4v) is 4.96. The summed E-state index contributed by atoms with van der Waals surface area (Å²) in [6.45, 7) is 3.06. The van der Waals surface area contributed by atoms with Crippen LogP contribution in [0.2, 0.25) is 0 Å². The zero-order valence-corrected chi connectivity index (χ0v) is 19.7. The summed E-state index contributed by atoms with van der Waals surface area (Å²) in [6, 6.07) is 9.75. The number of thiocarbonyl (C=S) groups is 1. The molecular weight excluding hydrogens is 436 g/mol. The quantitative estimate of drug-likeness (QED) is 0.232. The van der Waals surface area contributed by atoms with E-state index in [9.17, 15) is 9.90 Å². The largest absolute Gasteiger partial charge is 0.507 e. The fraction of sp³-hybridized carbons (Fsp3) is 0.480. The molecule has 3 aliphatic rings. The molecule has 0 bridgehead atoms. The van der Waals surface area contributed by atoms with Gasteiger partial charge in [-0.3, -0.25) is 5.43 Å². The van der Waals surface area contributed by atoms with Gasteiger partial charge in [0.1, 0.15) is 11.9 Å². The van der Waals surface area contributed by atoms with Gasteiger partial charge in [-0.2, -0.15) is 5.10 Å². The molecular formula is C25H32N4O3S. The molecule has 33 heavy (non-hydrogen) atoms. The lowest BCUT2D eigenvalue weighted by molar-refractivity contribution is -0.145. The SMILES string of the molecule is NC(=S)N/N=C(/CCN1CCCC1)C[C@@H](C1=C(O)C2=CCCC[C@@H]2OC1=O)c1ccccc1. The number of fused-ring (bicyclic) bond motifs is 1. The molecule has 2 atom stereocenters. The monoisotopic (exact) mass is 468 g/mol. The normalized spacial score (nSPS) is 22.4. The average Bonchev–Trinajstić information content (AvgIpc) is 3.34. The number of rotatable bonds is 8. The van der Waals surface area contributed by atoms with Crippen LogP contribution in [0.5, 0.6) is 0 Å². The Morgan fingerprint density at radius 1 is 1.27 bits per heavy atom. The number of nitrogens with two attached hydrogens (primary N) is 1. The molecule has 2 aliphatic heterocycles. The van der Waals surface area contributed by atoms with Crippen molar-refractivity contribution in [3.05, 3.63) is 58.9 Å². The highest BCUT2D eigenvalue weighted by molar-refractivity contribution is 7.80. The molecule has 0 spiro atoms. The molecule has 1 saturated heterocycles. The minimum Gasteiger partial charge on any atom is -0.507 e. The predicted octanol–water partition coefficient (Wildman–Crippen LogP) is 3.68. The summed E-state index contributed by atoms with van der Waals surface area (Å²) in [4.78, 5) is 15.5. The highest BCUT2D eigenvalue weighted by Gasteiger charge is 2.39. The summed E-state index contributed by atoms with van der Waals surface area (Å²) >= 11 is 4.96. The van der Waals surface area contributed by atoms with Gasteiger partial charge in [-0.15, -0.1) is 0 Å². The highest BCUT2D eigenvalue weighted by atomic mass is 32.1. The lowest BCUT2D eigenvalue weighted by Gasteiger charge is -2.32. The number of benzene rings is 1. The number of aliphatic hydroxyl groups excluding tert-OH is 1. The third-order valence-corrected chi connectivity index (χ3v) is 6.70. The van der Waals surface area contributed by atoms with E-state index in [1.807, 2.05) is 36.4 Å². The maximum absolute atomic E-state index is 13.1. The Balaban J connectivity index is 1.67. The van der Waals surface area contributed by atoms with Crippen LogP contribution < -0.4 is 11.2 Å². The standard InChI is InChI=1S/C25H32N4O3S/c26-25(33)28-27-18(12-15-29-13-6-7-14-29)16-20(17-8-2-1-3-9-17)22-23(30)19-10-4-5-11-21(19)32-24(22)31/h1-3,8-10,20-21,30H,4-7,11-16H2,(H3,26,28,33)/b27-18-/t20-,21+/m1/s1. The third kappa shape index (κ3) is 5.81. The second-order valence-electron chi connectivity index (χ2n) is 8.87. The first kappa shape index (κ1) is 23.4. The van der Waals surface area contributed by atoms with Crippen molar-refractivity contribution >= 4 is 29.0 Å². The number of hydrazone groups is 1. The summed E-state index contributed by atoms with van der Waals surface area (Å²) in [5.74, 6) is -0.787. The first-order chi connectivity index (χ1) is 16.0. The summed E-state index contributed by atoms with van der Waals surface area (Å²) < 4.78 is 5.77. The minimum absolute atomic E-state index is 0.0611. The van der Waals surface area contributed by atoms with E-state index < -0.39 is 11.9 Å². The maximum atomic E-state index is 13.1. The number of allylic oxidation sites excluding steroid dienone is 1. The van der Waals surface area contributed by atoms with E-state index in [0.29, 0.717) is 18.4 Å². The molecule has 4 rings (SSSR count). The van der Waals surface area contributed by atoms with Gasteiger partial charge in [0.05, 0.1) is 5.57 Å². The van der Waals surface area contributed by atoms with Gasteiger partial charge in [-0.05, 0) is 69.4 Å². The van der Waals surface area contributed by atoms with E-state index in [1.54, 1.807) is 0 Å². The second kappa shape index (κ2) is 10.9. The van der Waals surface area contributed by atoms with Crippen molar-refractivity contribution in [1.82, 2.24) is 10.3 Å². The third-order valence-electron chi connectivity index (χ3n) is 6.61. The molecule has 0 saturated carbocycles. The van der Waals surface area contributed by atoms with E-state index in [2.05, 4.69) is 15.4 Å². The van der Waals surface area contributed by atoms with Gasteiger partial charge in [0, 0.05) is 30.2 Å². The molecule has 0 amide bonds. The molecule has 0 aromatic heterocycles. The average molecular weight is 469 g/mol. The van der Waals surface area contributed by atoms with Crippen LogP contribution >= 0.6 is 12.2 Å². The Labute approximate surface area is 200 Å². The molecule has 7 nitrogen and oxygen atoms in total. The van der Waals surface area contributed by atoms with Gasteiger partial charge in [-0.25, -0.2) is 4.79 Å². The first-order valence-corrected chi connectivity index (χ1v) is 12.2. The Morgan fingerprint density at radius 2 is 2.03 bits per heavy atom. The predicted molar refractivity (Wildman–Crippen MR) is 133 cm³/mol. The van der Waals surface area contributed by atoms with Crippen LogP contribution in [0, 0.1) is 0 Å². The molecule has 0 radical (unpaired) electrons. The van der Waals surface area contributed by atoms with Gasteiger partial charge < -0.3 is 20.5 Å². The summed E-state index contributed by atoms with van der Waals surface area (Å²) in [5.41, 5.74) is 11.2. The number of nitrogens with zero attached hydrogens (tertiary/aromatic N) is 2. The summed E-state index contributed by atoms with van der Waals surface area (Å²) in [6.07, 6.45) is 7.79. The van der Waals surface area contributed by atoms with Crippen LogP contribution in [0.3, 0.4) is 0 Å². The van der Waals surface area contributed by atoms with Crippen LogP contribution in [0.4, 0.5) is 0 Å². The Hall–Kier alpha value is -2.71. The number of esters is 1. The molecule has 1 aromatic carbocycles. The van der Waals surface area contributed by atoms with Crippen LogP contribution in [0.25, 0.3) is 0 Å². The Kier molecular flexibility index (Phi) is 7.77. The fourth-order valence-electron chi connectivity index (χ4n) is 4.91. The van der Waals surface area contributed by atoms with E-state index in [4.69, 9.17) is 22.7 Å². The van der Waals surface area contributed by atoms with Crippen LogP contribution in [-0.2, 0) is 9.53 Å². The van der Waals surface area contributed by atoms with Crippen molar-refractivity contribution in [2.75, 3.05) is 19.6 Å². The van der Waals surface area contributed by atoms with E-state index in [-0.39, 0.29) is 17.0 Å². The van der Waals surface area contributed by atoms with E-state index in [0.717, 1.165) is 55.7 Å². The molecule has 8 heteroatoms. The molecule has 176 valence electrons. The number of carbonyl (C=O) groups excluding carboxylic acids is 1. The van der Waals surface area contributed by atoms with Crippen molar-refractivity contribution in [2.45, 2.75) is 57.0 Å². The Morgan fingerprint density at radius 3 is 2.76 bits per heavy atom. The lowest BCUT2D eigenvalue weighted by Crippen LogP contribution is -2.34. The van der Waals surface area contributed by atoms with Crippen LogP contribution in [0.15, 0.2) is 58.4 Å². The number of hydrogen-bond acceptors (Lipinski definition) is 6.